The van der Waals surface area contributed by atoms with Crippen molar-refractivity contribution in [3.05, 3.63) is 0 Å². The Morgan fingerprint density at radius 3 is 2.71 bits per heavy atom. The highest BCUT2D eigenvalue weighted by molar-refractivity contribution is 4.91. The Labute approximate surface area is 99.9 Å². The normalized spacial score (nSPS) is 33.2. The molecule has 0 amide bonds. The maximum Gasteiger partial charge on any atom is 0.405 e. The van der Waals surface area contributed by atoms with Gasteiger partial charge in [0.2, 0.25) is 0 Å². The van der Waals surface area contributed by atoms with Crippen LogP contribution >= 0.6 is 0 Å². The molecule has 2 saturated heterocycles. The van der Waals surface area contributed by atoms with E-state index >= 15 is 0 Å². The van der Waals surface area contributed by atoms with Crippen LogP contribution in [-0.2, 0) is 0 Å². The molecule has 2 unspecified atom stereocenters. The highest BCUT2D eigenvalue weighted by Crippen LogP contribution is 2.31. The van der Waals surface area contributed by atoms with Gasteiger partial charge in [-0.3, -0.25) is 9.80 Å². The third kappa shape index (κ3) is 2.74. The van der Waals surface area contributed by atoms with E-state index in [0.29, 0.717) is 13.1 Å². The molecule has 17 heavy (non-hydrogen) atoms. The molecule has 0 bridgehead atoms. The highest BCUT2D eigenvalue weighted by Gasteiger charge is 2.48. The molecule has 1 N–H and O–H groups in total. The van der Waals surface area contributed by atoms with E-state index in [1.807, 2.05) is 6.92 Å². The molecule has 0 aromatic carbocycles. The number of hydrogen-bond donors (Lipinski definition) is 1. The van der Waals surface area contributed by atoms with Crippen molar-refractivity contribution < 1.29 is 13.2 Å². The minimum atomic E-state index is -4.13. The van der Waals surface area contributed by atoms with Crippen molar-refractivity contribution in [2.45, 2.75) is 38.1 Å². The van der Waals surface area contributed by atoms with Crippen molar-refractivity contribution in [3.8, 4) is 0 Å². The van der Waals surface area contributed by atoms with Gasteiger partial charge in [-0.25, -0.2) is 0 Å². The summed E-state index contributed by atoms with van der Waals surface area (Å²) in [5.74, 6) is 0. The molecule has 2 aliphatic heterocycles. The Bertz CT molecular complexity index is 257. The van der Waals surface area contributed by atoms with Gasteiger partial charge in [-0.2, -0.15) is 13.2 Å². The van der Waals surface area contributed by atoms with Crippen molar-refractivity contribution in [1.29, 1.82) is 0 Å². The Morgan fingerprint density at radius 1 is 1.29 bits per heavy atom. The molecule has 6 heteroatoms. The molecule has 0 aliphatic carbocycles. The molecule has 3 nitrogen and oxygen atoms in total. The summed E-state index contributed by atoms with van der Waals surface area (Å²) < 4.78 is 38.9. The van der Waals surface area contributed by atoms with Gasteiger partial charge >= 0.3 is 6.18 Å². The number of halogens is 3. The lowest BCUT2D eigenvalue weighted by atomic mass is 10.1. The monoisotopic (exact) mass is 251 g/mol. The Hall–Kier alpha value is -0.330. The molecule has 0 saturated carbocycles. The summed E-state index contributed by atoms with van der Waals surface area (Å²) >= 11 is 0. The predicted molar refractivity (Wildman–Crippen MR) is 59.7 cm³/mol. The molecule has 0 aromatic rings. The third-order valence-electron chi connectivity index (χ3n) is 3.78. The number of likely N-dealkylation sites (tertiary alicyclic amines) is 1. The van der Waals surface area contributed by atoms with Crippen LogP contribution in [0.25, 0.3) is 0 Å². The standard InChI is InChI=1S/C11H20F3N3/c1-2-16-6-3-4-10(16)17-7-5-15-8-9(17)11(12,13)14/h9-10,15H,2-8H2,1H3. The first-order valence-corrected chi connectivity index (χ1v) is 6.31. The van der Waals surface area contributed by atoms with E-state index in [2.05, 4.69) is 10.2 Å². The van der Waals surface area contributed by atoms with E-state index < -0.39 is 12.2 Å². The van der Waals surface area contributed by atoms with Crippen LogP contribution in [0.2, 0.25) is 0 Å². The fraction of sp³-hybridized carbons (Fsp3) is 1.00. The number of rotatable bonds is 2. The van der Waals surface area contributed by atoms with Gasteiger partial charge in [0.1, 0.15) is 6.04 Å². The average molecular weight is 251 g/mol. The van der Waals surface area contributed by atoms with Crippen LogP contribution in [0.1, 0.15) is 19.8 Å². The lowest BCUT2D eigenvalue weighted by Crippen LogP contribution is -2.63. The van der Waals surface area contributed by atoms with E-state index in [9.17, 15) is 13.2 Å². The summed E-state index contributed by atoms with van der Waals surface area (Å²) in [4.78, 5) is 3.80. The summed E-state index contributed by atoms with van der Waals surface area (Å²) in [6, 6.07) is -1.33. The van der Waals surface area contributed by atoms with E-state index in [4.69, 9.17) is 0 Å². The number of piperazine rings is 1. The third-order valence-corrected chi connectivity index (χ3v) is 3.78. The van der Waals surface area contributed by atoms with Crippen molar-refractivity contribution in [1.82, 2.24) is 15.1 Å². The van der Waals surface area contributed by atoms with E-state index in [-0.39, 0.29) is 12.7 Å². The van der Waals surface area contributed by atoms with E-state index in [1.165, 1.54) is 0 Å². The average Bonchev–Trinajstić information content (AvgIpc) is 2.75. The number of hydrogen-bond acceptors (Lipinski definition) is 3. The molecule has 0 radical (unpaired) electrons. The van der Waals surface area contributed by atoms with Crippen molar-refractivity contribution in [3.63, 3.8) is 0 Å². The van der Waals surface area contributed by atoms with Crippen LogP contribution in [0.15, 0.2) is 0 Å². The smallest absolute Gasteiger partial charge is 0.314 e. The van der Waals surface area contributed by atoms with Gasteiger partial charge in [-0.15, -0.1) is 0 Å². The molecular formula is C11H20F3N3. The molecule has 2 fully saturated rings. The SMILES string of the molecule is CCN1CCCC1N1CCNCC1C(F)(F)F. The molecule has 0 spiro atoms. The van der Waals surface area contributed by atoms with Gasteiger partial charge in [0.25, 0.3) is 0 Å². The van der Waals surface area contributed by atoms with Crippen LogP contribution < -0.4 is 5.32 Å². The first kappa shape index (κ1) is 13.1. The zero-order valence-electron chi connectivity index (χ0n) is 10.1. The Morgan fingerprint density at radius 2 is 2.06 bits per heavy atom. The van der Waals surface area contributed by atoms with Gasteiger partial charge in [0, 0.05) is 19.6 Å². The van der Waals surface area contributed by atoms with Gasteiger partial charge in [-0.1, -0.05) is 6.92 Å². The Balaban J connectivity index is 2.10. The predicted octanol–water partition coefficient (Wildman–Crippen LogP) is 1.26. The molecule has 0 aromatic heterocycles. The zero-order valence-corrected chi connectivity index (χ0v) is 10.1. The minimum Gasteiger partial charge on any atom is -0.314 e. The zero-order chi connectivity index (χ0) is 12.5. The van der Waals surface area contributed by atoms with Crippen LogP contribution in [0.4, 0.5) is 13.2 Å². The second-order valence-electron chi connectivity index (χ2n) is 4.75. The van der Waals surface area contributed by atoms with E-state index in [0.717, 1.165) is 25.9 Å². The summed E-state index contributed by atoms with van der Waals surface area (Å²) in [7, 11) is 0. The molecule has 100 valence electrons. The van der Waals surface area contributed by atoms with Gasteiger partial charge in [0.05, 0.1) is 6.17 Å². The fourth-order valence-corrected chi connectivity index (χ4v) is 2.93. The lowest BCUT2D eigenvalue weighted by molar-refractivity contribution is -0.200. The van der Waals surface area contributed by atoms with Gasteiger partial charge in [0.15, 0.2) is 0 Å². The summed E-state index contributed by atoms with van der Waals surface area (Å²) in [6.07, 6.45) is -2.28. The maximum atomic E-state index is 13.0. The fourth-order valence-electron chi connectivity index (χ4n) is 2.93. The van der Waals surface area contributed by atoms with Crippen LogP contribution in [0.5, 0.6) is 0 Å². The minimum absolute atomic E-state index is 0.0197. The van der Waals surface area contributed by atoms with Crippen LogP contribution in [-0.4, -0.2) is 60.9 Å². The van der Waals surface area contributed by atoms with Crippen molar-refractivity contribution in [2.75, 3.05) is 32.7 Å². The summed E-state index contributed by atoms with van der Waals surface area (Å²) in [5, 5.41) is 2.85. The summed E-state index contributed by atoms with van der Waals surface area (Å²) in [5.41, 5.74) is 0. The van der Waals surface area contributed by atoms with Crippen molar-refractivity contribution in [2.24, 2.45) is 0 Å². The second-order valence-corrected chi connectivity index (χ2v) is 4.75. The van der Waals surface area contributed by atoms with Crippen LogP contribution in [0.3, 0.4) is 0 Å². The number of alkyl halides is 3. The molecular weight excluding hydrogens is 231 g/mol. The van der Waals surface area contributed by atoms with Crippen LogP contribution in [0, 0.1) is 0 Å². The number of nitrogens with zero attached hydrogens (tertiary/aromatic N) is 2. The maximum absolute atomic E-state index is 13.0. The number of nitrogens with one attached hydrogen (secondary N) is 1. The van der Waals surface area contributed by atoms with Crippen molar-refractivity contribution >= 4 is 0 Å². The first-order valence-electron chi connectivity index (χ1n) is 6.31. The largest absolute Gasteiger partial charge is 0.405 e. The molecule has 2 rings (SSSR count). The second kappa shape index (κ2) is 5.12. The molecule has 2 atom stereocenters. The lowest BCUT2D eigenvalue weighted by Gasteiger charge is -2.43. The van der Waals surface area contributed by atoms with Gasteiger partial charge < -0.3 is 5.32 Å². The quantitative estimate of drug-likeness (QED) is 0.797. The summed E-state index contributed by atoms with van der Waals surface area (Å²) in [6.45, 7) is 4.95. The molecule has 2 heterocycles. The topological polar surface area (TPSA) is 18.5 Å². The Kier molecular flexibility index (Phi) is 3.95. The highest BCUT2D eigenvalue weighted by atomic mass is 19.4. The molecule has 2 aliphatic rings. The van der Waals surface area contributed by atoms with Gasteiger partial charge in [-0.05, 0) is 25.9 Å². The first-order chi connectivity index (χ1) is 8.04. The van der Waals surface area contributed by atoms with E-state index in [1.54, 1.807) is 4.90 Å².